The van der Waals surface area contributed by atoms with E-state index in [0.29, 0.717) is 16.5 Å². The van der Waals surface area contributed by atoms with E-state index in [1.165, 1.54) is 12.1 Å². The van der Waals surface area contributed by atoms with Crippen LogP contribution >= 0.6 is 15.9 Å². The molecule has 5 heteroatoms. The van der Waals surface area contributed by atoms with Gasteiger partial charge in [0.15, 0.2) is 0 Å². The lowest BCUT2D eigenvalue weighted by molar-refractivity contribution is 0.177. The third-order valence-corrected chi connectivity index (χ3v) is 3.23. The number of aliphatic hydroxyl groups is 1. The van der Waals surface area contributed by atoms with Crippen LogP contribution in [0.1, 0.15) is 17.2 Å². The Morgan fingerprint density at radius 3 is 2.94 bits per heavy atom. The summed E-state index contributed by atoms with van der Waals surface area (Å²) in [6.45, 7) is 0. The predicted octanol–water partition coefficient (Wildman–Crippen LogP) is 2.60. The number of benzene rings is 1. The zero-order valence-corrected chi connectivity index (χ0v) is 10.9. The Kier molecular flexibility index (Phi) is 3.59. The maximum absolute atomic E-state index is 13.1. The normalized spacial score (nSPS) is 12.7. The van der Waals surface area contributed by atoms with Crippen LogP contribution in [0.15, 0.2) is 35.1 Å². The first-order valence-electron chi connectivity index (χ1n) is 5.17. The van der Waals surface area contributed by atoms with Crippen molar-refractivity contribution in [1.82, 2.24) is 9.78 Å². The molecule has 0 saturated heterocycles. The molecule has 0 aliphatic heterocycles. The van der Waals surface area contributed by atoms with Crippen molar-refractivity contribution in [2.45, 2.75) is 12.5 Å². The molecule has 0 spiro atoms. The Hall–Kier alpha value is -1.20. The standard InChI is InChI=1S/C12H12BrFN2O/c1-16-7-8(6-15-16)4-12(17)10-5-9(14)2-3-11(10)13/h2-3,5-7,12,17H,4H2,1H3. The average molecular weight is 299 g/mol. The van der Waals surface area contributed by atoms with Gasteiger partial charge < -0.3 is 5.11 Å². The summed E-state index contributed by atoms with van der Waals surface area (Å²) in [5.74, 6) is -0.353. The van der Waals surface area contributed by atoms with Crippen LogP contribution in [-0.2, 0) is 13.5 Å². The highest BCUT2D eigenvalue weighted by Gasteiger charge is 2.13. The van der Waals surface area contributed by atoms with Gasteiger partial charge in [0.1, 0.15) is 5.82 Å². The van der Waals surface area contributed by atoms with Gasteiger partial charge in [0.2, 0.25) is 0 Å². The van der Waals surface area contributed by atoms with E-state index in [-0.39, 0.29) is 5.82 Å². The molecule has 2 rings (SSSR count). The van der Waals surface area contributed by atoms with Crippen LogP contribution in [-0.4, -0.2) is 14.9 Å². The van der Waals surface area contributed by atoms with Gasteiger partial charge in [-0.1, -0.05) is 15.9 Å². The van der Waals surface area contributed by atoms with Crippen LogP contribution in [0, 0.1) is 5.82 Å². The highest BCUT2D eigenvalue weighted by atomic mass is 79.9. The van der Waals surface area contributed by atoms with Gasteiger partial charge in [0, 0.05) is 24.1 Å². The van der Waals surface area contributed by atoms with Crippen molar-refractivity contribution in [2.75, 3.05) is 0 Å². The molecule has 3 nitrogen and oxygen atoms in total. The smallest absolute Gasteiger partial charge is 0.123 e. The molecule has 0 bridgehead atoms. The number of halogens is 2. The van der Waals surface area contributed by atoms with Crippen LogP contribution in [0.4, 0.5) is 4.39 Å². The molecule has 1 unspecified atom stereocenters. The monoisotopic (exact) mass is 298 g/mol. The number of rotatable bonds is 3. The van der Waals surface area contributed by atoms with E-state index in [9.17, 15) is 9.50 Å². The van der Waals surface area contributed by atoms with Gasteiger partial charge in [-0.25, -0.2) is 4.39 Å². The van der Waals surface area contributed by atoms with Crippen molar-refractivity contribution in [3.05, 3.63) is 52.0 Å². The summed E-state index contributed by atoms with van der Waals surface area (Å²) in [5.41, 5.74) is 1.46. The molecule has 17 heavy (non-hydrogen) atoms. The van der Waals surface area contributed by atoms with Gasteiger partial charge in [0.05, 0.1) is 12.3 Å². The fourth-order valence-electron chi connectivity index (χ4n) is 1.68. The van der Waals surface area contributed by atoms with E-state index < -0.39 is 6.10 Å². The summed E-state index contributed by atoms with van der Waals surface area (Å²) < 4.78 is 15.5. The van der Waals surface area contributed by atoms with Crippen LogP contribution < -0.4 is 0 Å². The quantitative estimate of drug-likeness (QED) is 0.946. The molecule has 1 heterocycles. The molecule has 0 aliphatic rings. The number of aryl methyl sites for hydroxylation is 1. The fraction of sp³-hybridized carbons (Fsp3) is 0.250. The van der Waals surface area contributed by atoms with Crippen molar-refractivity contribution in [2.24, 2.45) is 7.05 Å². The Morgan fingerprint density at radius 2 is 2.29 bits per heavy atom. The first kappa shape index (κ1) is 12.3. The molecule has 1 aromatic carbocycles. The van der Waals surface area contributed by atoms with Crippen molar-refractivity contribution in [3.8, 4) is 0 Å². The molecule has 0 amide bonds. The molecule has 0 radical (unpaired) electrons. The minimum atomic E-state index is -0.746. The Bertz CT molecular complexity index is 527. The molecule has 0 fully saturated rings. The number of hydrogen-bond acceptors (Lipinski definition) is 2. The van der Waals surface area contributed by atoms with Crippen LogP contribution in [0.2, 0.25) is 0 Å². The second kappa shape index (κ2) is 4.98. The lowest BCUT2D eigenvalue weighted by Crippen LogP contribution is -2.02. The number of nitrogens with zero attached hydrogens (tertiary/aromatic N) is 2. The zero-order chi connectivity index (χ0) is 12.4. The maximum atomic E-state index is 13.1. The first-order chi connectivity index (χ1) is 8.06. The molecule has 0 aliphatic carbocycles. The van der Waals surface area contributed by atoms with Gasteiger partial charge in [-0.2, -0.15) is 5.10 Å². The first-order valence-corrected chi connectivity index (χ1v) is 5.96. The largest absolute Gasteiger partial charge is 0.388 e. The van der Waals surface area contributed by atoms with Gasteiger partial charge in [-0.15, -0.1) is 0 Å². The van der Waals surface area contributed by atoms with E-state index in [1.807, 2.05) is 13.2 Å². The SMILES string of the molecule is Cn1cc(CC(O)c2cc(F)ccc2Br)cn1. The molecule has 2 aromatic rings. The predicted molar refractivity (Wildman–Crippen MR) is 66.0 cm³/mol. The van der Waals surface area contributed by atoms with Crippen molar-refractivity contribution in [3.63, 3.8) is 0 Å². The fourth-order valence-corrected chi connectivity index (χ4v) is 2.19. The third kappa shape index (κ3) is 2.92. The average Bonchev–Trinajstić information content (AvgIpc) is 2.67. The summed E-state index contributed by atoms with van der Waals surface area (Å²) in [7, 11) is 1.81. The van der Waals surface area contributed by atoms with Crippen LogP contribution in [0.25, 0.3) is 0 Å². The Labute approximate surface area is 107 Å². The summed E-state index contributed by atoms with van der Waals surface area (Å²) in [6, 6.07) is 4.28. The molecular formula is C12H12BrFN2O. The lowest BCUT2D eigenvalue weighted by atomic mass is 10.0. The summed E-state index contributed by atoms with van der Waals surface area (Å²) in [6.07, 6.45) is 3.19. The van der Waals surface area contributed by atoms with E-state index >= 15 is 0 Å². The van der Waals surface area contributed by atoms with Crippen LogP contribution in [0.3, 0.4) is 0 Å². The minimum absolute atomic E-state index is 0.353. The van der Waals surface area contributed by atoms with Crippen molar-refractivity contribution in [1.29, 1.82) is 0 Å². The van der Waals surface area contributed by atoms with E-state index in [1.54, 1.807) is 16.9 Å². The number of aromatic nitrogens is 2. The summed E-state index contributed by atoms with van der Waals surface area (Å²) >= 11 is 3.30. The number of aliphatic hydroxyl groups excluding tert-OH is 1. The Balaban J connectivity index is 2.19. The molecule has 1 atom stereocenters. The van der Waals surface area contributed by atoms with E-state index in [0.717, 1.165) is 5.56 Å². The van der Waals surface area contributed by atoms with Gasteiger partial charge in [-0.05, 0) is 29.3 Å². The molecule has 90 valence electrons. The second-order valence-corrected chi connectivity index (χ2v) is 4.76. The summed E-state index contributed by atoms with van der Waals surface area (Å²) in [4.78, 5) is 0. The highest BCUT2D eigenvalue weighted by molar-refractivity contribution is 9.10. The number of hydrogen-bond donors (Lipinski definition) is 1. The molecule has 0 saturated carbocycles. The van der Waals surface area contributed by atoms with Crippen LogP contribution in [0.5, 0.6) is 0 Å². The minimum Gasteiger partial charge on any atom is -0.388 e. The third-order valence-electron chi connectivity index (χ3n) is 2.50. The maximum Gasteiger partial charge on any atom is 0.123 e. The highest BCUT2D eigenvalue weighted by Crippen LogP contribution is 2.26. The second-order valence-electron chi connectivity index (χ2n) is 3.91. The van der Waals surface area contributed by atoms with E-state index in [4.69, 9.17) is 0 Å². The van der Waals surface area contributed by atoms with Crippen molar-refractivity contribution >= 4 is 15.9 Å². The lowest BCUT2D eigenvalue weighted by Gasteiger charge is -2.11. The molecule has 1 aromatic heterocycles. The molecule has 1 N–H and O–H groups in total. The van der Waals surface area contributed by atoms with Gasteiger partial charge in [-0.3, -0.25) is 4.68 Å². The molecular weight excluding hydrogens is 287 g/mol. The summed E-state index contributed by atoms with van der Waals surface area (Å²) in [5, 5.41) is 14.1. The van der Waals surface area contributed by atoms with Gasteiger partial charge in [0.25, 0.3) is 0 Å². The van der Waals surface area contributed by atoms with E-state index in [2.05, 4.69) is 21.0 Å². The topological polar surface area (TPSA) is 38.0 Å². The van der Waals surface area contributed by atoms with Crippen molar-refractivity contribution < 1.29 is 9.50 Å². The Morgan fingerprint density at radius 1 is 1.53 bits per heavy atom. The zero-order valence-electron chi connectivity index (χ0n) is 9.27. The van der Waals surface area contributed by atoms with Gasteiger partial charge >= 0.3 is 0 Å².